The van der Waals surface area contributed by atoms with Gasteiger partial charge in [-0.2, -0.15) is 0 Å². The molecule has 1 aliphatic carbocycles. The van der Waals surface area contributed by atoms with E-state index >= 15 is 0 Å². The minimum atomic E-state index is -0.645. The predicted molar refractivity (Wildman–Crippen MR) is 61.9 cm³/mol. The van der Waals surface area contributed by atoms with Crippen molar-refractivity contribution in [3.8, 4) is 0 Å². The maximum absolute atomic E-state index is 10.9. The Hall–Kier alpha value is -1.54. The fourth-order valence-corrected chi connectivity index (χ4v) is 2.18. The minimum Gasteiger partial charge on any atom is -0.350 e. The van der Waals surface area contributed by atoms with Crippen LogP contribution < -0.4 is 23.2 Å². The molecule has 2 atom stereocenters. The molecule has 4 amide bonds. The van der Waals surface area contributed by atoms with Crippen LogP contribution >= 0.6 is 0 Å². The summed E-state index contributed by atoms with van der Waals surface area (Å²) >= 11 is 0. The number of urea groups is 2. The second kappa shape index (κ2) is 5.69. The molecule has 8 heteroatoms. The third kappa shape index (κ3) is 3.46. The van der Waals surface area contributed by atoms with Gasteiger partial charge >= 0.3 is 12.1 Å². The molecule has 1 rings (SSSR count). The van der Waals surface area contributed by atoms with Crippen LogP contribution in [0.25, 0.3) is 0 Å². The third-order valence-electron chi connectivity index (χ3n) is 3.20. The van der Waals surface area contributed by atoms with Crippen molar-refractivity contribution in [1.29, 1.82) is 0 Å². The number of hydrogen-bond acceptors (Lipinski definition) is 4. The van der Waals surface area contributed by atoms with Crippen LogP contribution in [0.1, 0.15) is 32.1 Å². The Balaban J connectivity index is 2.55. The quantitative estimate of drug-likeness (QED) is 0.218. The first kappa shape index (κ1) is 13.5. The Labute approximate surface area is 99.8 Å². The molecule has 0 aliphatic heterocycles. The third-order valence-corrected chi connectivity index (χ3v) is 3.20. The lowest BCUT2D eigenvalue weighted by molar-refractivity contribution is 0.167. The van der Waals surface area contributed by atoms with Crippen molar-refractivity contribution in [2.75, 3.05) is 0 Å². The number of nitrogens with two attached hydrogens (primary N) is 4. The number of amides is 4. The topological polar surface area (TPSA) is 145 Å². The van der Waals surface area contributed by atoms with E-state index in [9.17, 15) is 9.59 Å². The molecular weight excluding hydrogens is 224 g/mol. The lowest BCUT2D eigenvalue weighted by Gasteiger charge is -2.26. The monoisotopic (exact) mass is 244 g/mol. The maximum atomic E-state index is 10.9. The average Bonchev–Trinajstić information content (AvgIpc) is 2.52. The van der Waals surface area contributed by atoms with E-state index in [1.165, 1.54) is 0 Å². The van der Waals surface area contributed by atoms with E-state index in [1.54, 1.807) is 0 Å². The number of rotatable bonds is 2. The van der Waals surface area contributed by atoms with Crippen molar-refractivity contribution >= 4 is 12.1 Å². The molecule has 0 heterocycles. The summed E-state index contributed by atoms with van der Waals surface area (Å²) in [6.07, 6.45) is 3.64. The van der Waals surface area contributed by atoms with Crippen LogP contribution in [0.15, 0.2) is 0 Å². The minimum absolute atomic E-state index is 0.0984. The molecule has 0 radical (unpaired) electrons. The SMILES string of the molecule is NC(=O)N(N)C1CCCC(N(N)C(N)=O)CC1. The highest BCUT2D eigenvalue weighted by molar-refractivity contribution is 5.72. The molecule has 17 heavy (non-hydrogen) atoms. The lowest BCUT2D eigenvalue weighted by Crippen LogP contribution is -2.49. The molecular formula is C9H20N6O2. The average molecular weight is 244 g/mol. The smallest absolute Gasteiger partial charge is 0.329 e. The van der Waals surface area contributed by atoms with E-state index in [0.717, 1.165) is 29.3 Å². The number of carbonyl (C=O) groups is 2. The van der Waals surface area contributed by atoms with Gasteiger partial charge < -0.3 is 11.5 Å². The Bertz CT molecular complexity index is 269. The second-order valence-corrected chi connectivity index (χ2v) is 4.31. The standard InChI is InChI=1S/C9H20N6O2/c10-8(16)14(12)6-2-1-3-7(5-4-6)15(13)9(11)17/h6-7H,1-5,12-13H2,(H2,10,16)(H2,11,17). The maximum Gasteiger partial charge on any atom is 0.329 e. The van der Waals surface area contributed by atoms with Crippen molar-refractivity contribution in [2.24, 2.45) is 23.2 Å². The van der Waals surface area contributed by atoms with E-state index in [1.807, 2.05) is 0 Å². The van der Waals surface area contributed by atoms with Crippen LogP contribution in [0, 0.1) is 0 Å². The molecule has 8 N–H and O–H groups in total. The molecule has 1 fully saturated rings. The number of hydrazine groups is 2. The molecule has 1 saturated carbocycles. The van der Waals surface area contributed by atoms with Crippen molar-refractivity contribution in [3.63, 3.8) is 0 Å². The number of hydrogen-bond donors (Lipinski definition) is 4. The van der Waals surface area contributed by atoms with Gasteiger partial charge in [0.05, 0.1) is 0 Å². The van der Waals surface area contributed by atoms with Gasteiger partial charge in [-0.15, -0.1) is 0 Å². The first-order chi connectivity index (χ1) is 7.93. The zero-order valence-electron chi connectivity index (χ0n) is 9.71. The molecule has 0 aromatic heterocycles. The van der Waals surface area contributed by atoms with Crippen LogP contribution in [-0.4, -0.2) is 34.2 Å². The summed E-state index contributed by atoms with van der Waals surface area (Å²) < 4.78 is 0. The van der Waals surface area contributed by atoms with Crippen LogP contribution in [0.2, 0.25) is 0 Å². The Morgan fingerprint density at radius 3 is 1.47 bits per heavy atom. The van der Waals surface area contributed by atoms with Gasteiger partial charge in [-0.1, -0.05) is 0 Å². The van der Waals surface area contributed by atoms with Crippen molar-refractivity contribution in [1.82, 2.24) is 10.0 Å². The fourth-order valence-electron chi connectivity index (χ4n) is 2.18. The van der Waals surface area contributed by atoms with Gasteiger partial charge in [-0.25, -0.2) is 21.3 Å². The van der Waals surface area contributed by atoms with Crippen LogP contribution in [0.3, 0.4) is 0 Å². The van der Waals surface area contributed by atoms with Gasteiger partial charge in [0.1, 0.15) is 0 Å². The Morgan fingerprint density at radius 1 is 0.824 bits per heavy atom. The van der Waals surface area contributed by atoms with Gasteiger partial charge in [0.25, 0.3) is 0 Å². The first-order valence-electron chi connectivity index (χ1n) is 5.60. The summed E-state index contributed by atoms with van der Waals surface area (Å²) in [7, 11) is 0. The summed E-state index contributed by atoms with van der Waals surface area (Å²) in [5, 5.41) is 2.10. The van der Waals surface area contributed by atoms with E-state index in [2.05, 4.69) is 0 Å². The van der Waals surface area contributed by atoms with Crippen molar-refractivity contribution in [3.05, 3.63) is 0 Å². The van der Waals surface area contributed by atoms with Crippen molar-refractivity contribution in [2.45, 2.75) is 44.2 Å². The molecule has 0 saturated heterocycles. The normalized spacial score (nSPS) is 24.8. The first-order valence-corrected chi connectivity index (χ1v) is 5.60. The molecule has 0 spiro atoms. The van der Waals surface area contributed by atoms with Crippen molar-refractivity contribution < 1.29 is 9.59 Å². The number of primary amides is 2. The van der Waals surface area contributed by atoms with Gasteiger partial charge in [0.2, 0.25) is 0 Å². The molecule has 8 nitrogen and oxygen atoms in total. The second-order valence-electron chi connectivity index (χ2n) is 4.31. The van der Waals surface area contributed by atoms with Gasteiger partial charge in [0.15, 0.2) is 0 Å². The summed E-state index contributed by atoms with van der Waals surface area (Å²) in [5.41, 5.74) is 10.2. The molecule has 2 unspecified atom stereocenters. The molecule has 1 aliphatic rings. The van der Waals surface area contributed by atoms with Gasteiger partial charge in [0, 0.05) is 12.1 Å². The van der Waals surface area contributed by atoms with Gasteiger partial charge in [-0.05, 0) is 32.1 Å². The number of carbonyl (C=O) groups excluding carboxylic acids is 2. The fraction of sp³-hybridized carbons (Fsp3) is 0.778. The highest BCUT2D eigenvalue weighted by Crippen LogP contribution is 2.23. The van der Waals surface area contributed by atoms with Gasteiger partial charge in [-0.3, -0.25) is 10.0 Å². The van der Waals surface area contributed by atoms with E-state index in [4.69, 9.17) is 23.2 Å². The summed E-state index contributed by atoms with van der Waals surface area (Å²) in [6, 6.07) is -1.49. The van der Waals surface area contributed by atoms with Crippen LogP contribution in [0.5, 0.6) is 0 Å². The molecule has 0 bridgehead atoms. The lowest BCUT2D eigenvalue weighted by atomic mass is 10.1. The van der Waals surface area contributed by atoms with E-state index in [0.29, 0.717) is 12.8 Å². The largest absolute Gasteiger partial charge is 0.350 e. The highest BCUT2D eigenvalue weighted by atomic mass is 16.2. The molecule has 0 aromatic carbocycles. The number of nitrogens with zero attached hydrogens (tertiary/aromatic N) is 2. The van der Waals surface area contributed by atoms with E-state index < -0.39 is 12.1 Å². The molecule has 0 aromatic rings. The van der Waals surface area contributed by atoms with Crippen LogP contribution in [0.4, 0.5) is 9.59 Å². The van der Waals surface area contributed by atoms with Crippen LogP contribution in [-0.2, 0) is 0 Å². The Kier molecular flexibility index (Phi) is 4.53. The summed E-state index contributed by atoms with van der Waals surface area (Å²) in [4.78, 5) is 21.9. The Morgan fingerprint density at radius 2 is 1.18 bits per heavy atom. The zero-order chi connectivity index (χ0) is 13.0. The van der Waals surface area contributed by atoms with E-state index in [-0.39, 0.29) is 12.1 Å². The summed E-state index contributed by atoms with van der Waals surface area (Å²) in [5.74, 6) is 11.1. The zero-order valence-corrected chi connectivity index (χ0v) is 9.71. The summed E-state index contributed by atoms with van der Waals surface area (Å²) in [6.45, 7) is 0. The highest BCUT2D eigenvalue weighted by Gasteiger charge is 2.27. The predicted octanol–water partition coefficient (Wildman–Crippen LogP) is -0.803. The molecule has 98 valence electrons.